The number of hydrogen-bond donors (Lipinski definition) is 2. The number of anilines is 2. The van der Waals surface area contributed by atoms with Crippen molar-refractivity contribution in [2.75, 3.05) is 16.2 Å². The van der Waals surface area contributed by atoms with E-state index in [4.69, 9.17) is 16.7 Å². The SMILES string of the molecule is NS(=O)(=O)N1CCc2ccc(NC(=O)[C@@H]3C[C@H]3c3cccc(Cl)c3)cc21. The molecule has 8 heteroatoms. The molecule has 1 aliphatic carbocycles. The molecule has 0 unspecified atom stereocenters. The third-order valence-electron chi connectivity index (χ3n) is 4.92. The van der Waals surface area contributed by atoms with Gasteiger partial charge in [-0.1, -0.05) is 29.8 Å². The van der Waals surface area contributed by atoms with Crippen LogP contribution in [0.4, 0.5) is 11.4 Å². The molecular weight excluding hydrogens is 374 g/mol. The van der Waals surface area contributed by atoms with Crippen LogP contribution in [0.1, 0.15) is 23.5 Å². The summed E-state index contributed by atoms with van der Waals surface area (Å²) in [6.07, 6.45) is 1.39. The maximum atomic E-state index is 12.5. The van der Waals surface area contributed by atoms with Crippen molar-refractivity contribution in [3.63, 3.8) is 0 Å². The van der Waals surface area contributed by atoms with E-state index in [-0.39, 0.29) is 17.7 Å². The first-order valence-electron chi connectivity index (χ1n) is 8.32. The van der Waals surface area contributed by atoms with E-state index in [1.165, 1.54) is 4.31 Å². The van der Waals surface area contributed by atoms with Crippen LogP contribution in [-0.4, -0.2) is 20.9 Å². The summed E-state index contributed by atoms with van der Waals surface area (Å²) in [7, 11) is -3.81. The van der Waals surface area contributed by atoms with E-state index >= 15 is 0 Å². The molecule has 6 nitrogen and oxygen atoms in total. The van der Waals surface area contributed by atoms with E-state index in [1.807, 2.05) is 30.3 Å². The predicted molar refractivity (Wildman–Crippen MR) is 102 cm³/mol. The Morgan fingerprint density at radius 1 is 1.23 bits per heavy atom. The quantitative estimate of drug-likeness (QED) is 0.839. The van der Waals surface area contributed by atoms with Gasteiger partial charge in [-0.25, -0.2) is 5.14 Å². The Bertz CT molecular complexity index is 993. The zero-order valence-corrected chi connectivity index (χ0v) is 15.4. The van der Waals surface area contributed by atoms with Crippen LogP contribution >= 0.6 is 11.6 Å². The summed E-state index contributed by atoms with van der Waals surface area (Å²) in [5.41, 5.74) is 3.07. The van der Waals surface area contributed by atoms with Gasteiger partial charge in [-0.15, -0.1) is 0 Å². The minimum Gasteiger partial charge on any atom is -0.326 e. The van der Waals surface area contributed by atoms with E-state index in [0.29, 0.717) is 29.4 Å². The standard InChI is InChI=1S/C18H18ClN3O3S/c19-13-3-1-2-12(8-13)15-10-16(15)18(23)21-14-5-4-11-6-7-22(17(11)9-14)26(20,24)25/h1-5,8-9,15-16H,6-7,10H2,(H,21,23)(H2,20,24,25)/t15-,16+/m0/s1. The zero-order valence-electron chi connectivity index (χ0n) is 13.9. The fourth-order valence-electron chi connectivity index (χ4n) is 3.52. The molecule has 0 bridgehead atoms. The van der Waals surface area contributed by atoms with Crippen LogP contribution in [0.15, 0.2) is 42.5 Å². The second kappa shape index (κ2) is 6.26. The van der Waals surface area contributed by atoms with Gasteiger partial charge in [0.25, 0.3) is 10.2 Å². The van der Waals surface area contributed by atoms with Crippen LogP contribution in [0.2, 0.25) is 5.02 Å². The highest BCUT2D eigenvalue weighted by atomic mass is 35.5. The number of benzene rings is 2. The van der Waals surface area contributed by atoms with Crippen LogP contribution in [0.5, 0.6) is 0 Å². The lowest BCUT2D eigenvalue weighted by Gasteiger charge is -2.16. The number of nitrogens with zero attached hydrogens (tertiary/aromatic N) is 1. The molecule has 0 spiro atoms. The number of carbonyl (C=O) groups excluding carboxylic acids is 1. The number of hydrogen-bond acceptors (Lipinski definition) is 3. The number of fused-ring (bicyclic) bond motifs is 1. The maximum absolute atomic E-state index is 12.5. The summed E-state index contributed by atoms with van der Waals surface area (Å²) >= 11 is 6.01. The summed E-state index contributed by atoms with van der Waals surface area (Å²) in [6.45, 7) is 0.324. The lowest BCUT2D eigenvalue weighted by atomic mass is 10.1. The average molecular weight is 392 g/mol. The maximum Gasteiger partial charge on any atom is 0.299 e. The fraction of sp³-hybridized carbons (Fsp3) is 0.278. The molecule has 26 heavy (non-hydrogen) atoms. The lowest BCUT2D eigenvalue weighted by Crippen LogP contribution is -2.35. The molecule has 136 valence electrons. The molecule has 1 saturated carbocycles. The molecule has 2 aromatic rings. The molecule has 2 atom stereocenters. The van der Waals surface area contributed by atoms with Gasteiger partial charge in [0, 0.05) is 23.2 Å². The van der Waals surface area contributed by atoms with Gasteiger partial charge in [-0.05, 0) is 54.2 Å². The van der Waals surface area contributed by atoms with Gasteiger partial charge >= 0.3 is 0 Å². The molecule has 4 rings (SSSR count). The summed E-state index contributed by atoms with van der Waals surface area (Å²) in [5.74, 6) is -0.00445. The minimum atomic E-state index is -3.81. The smallest absolute Gasteiger partial charge is 0.299 e. The Hall–Kier alpha value is -2.09. The molecule has 0 saturated heterocycles. The van der Waals surface area contributed by atoms with Gasteiger partial charge in [-0.2, -0.15) is 8.42 Å². The highest BCUT2D eigenvalue weighted by molar-refractivity contribution is 7.90. The number of amides is 1. The highest BCUT2D eigenvalue weighted by Crippen LogP contribution is 2.48. The van der Waals surface area contributed by atoms with Crippen molar-refractivity contribution < 1.29 is 13.2 Å². The summed E-state index contributed by atoms with van der Waals surface area (Å²) in [5, 5.41) is 8.81. The van der Waals surface area contributed by atoms with Crippen molar-refractivity contribution >= 4 is 39.1 Å². The topological polar surface area (TPSA) is 92.5 Å². The number of carbonyl (C=O) groups is 1. The Morgan fingerprint density at radius 3 is 2.77 bits per heavy atom. The Balaban J connectivity index is 1.48. The average Bonchev–Trinajstić information content (AvgIpc) is 3.26. The van der Waals surface area contributed by atoms with E-state index in [9.17, 15) is 13.2 Å². The first-order chi connectivity index (χ1) is 12.3. The van der Waals surface area contributed by atoms with Crippen LogP contribution < -0.4 is 14.8 Å². The highest BCUT2D eigenvalue weighted by Gasteiger charge is 2.44. The monoisotopic (exact) mass is 391 g/mol. The third kappa shape index (κ3) is 3.30. The molecule has 0 radical (unpaired) electrons. The number of rotatable bonds is 4. The van der Waals surface area contributed by atoms with Crippen molar-refractivity contribution in [3.8, 4) is 0 Å². The van der Waals surface area contributed by atoms with E-state index in [0.717, 1.165) is 17.5 Å². The second-order valence-electron chi connectivity index (χ2n) is 6.70. The van der Waals surface area contributed by atoms with Gasteiger partial charge in [0.15, 0.2) is 0 Å². The van der Waals surface area contributed by atoms with Gasteiger partial charge in [0.1, 0.15) is 0 Å². The molecular formula is C18H18ClN3O3S. The van der Waals surface area contributed by atoms with Crippen molar-refractivity contribution in [1.82, 2.24) is 0 Å². The third-order valence-corrected chi connectivity index (χ3v) is 6.15. The van der Waals surface area contributed by atoms with Gasteiger partial charge in [-0.3, -0.25) is 9.10 Å². The number of nitrogens with one attached hydrogen (secondary N) is 1. The van der Waals surface area contributed by atoms with Gasteiger partial charge in [0.2, 0.25) is 5.91 Å². The fourth-order valence-corrected chi connectivity index (χ4v) is 4.51. The molecule has 2 aliphatic rings. The van der Waals surface area contributed by atoms with Crippen molar-refractivity contribution in [2.24, 2.45) is 11.1 Å². The molecule has 2 aromatic carbocycles. The summed E-state index contributed by atoms with van der Waals surface area (Å²) < 4.78 is 24.5. The van der Waals surface area contributed by atoms with Crippen LogP contribution in [-0.2, 0) is 21.4 Å². The minimum absolute atomic E-state index is 0.0740. The summed E-state index contributed by atoms with van der Waals surface area (Å²) in [4.78, 5) is 12.5. The van der Waals surface area contributed by atoms with Crippen LogP contribution in [0.25, 0.3) is 0 Å². The zero-order chi connectivity index (χ0) is 18.5. The molecule has 1 amide bonds. The molecule has 0 aromatic heterocycles. The van der Waals surface area contributed by atoms with Crippen LogP contribution in [0.3, 0.4) is 0 Å². The van der Waals surface area contributed by atoms with E-state index < -0.39 is 10.2 Å². The molecule has 3 N–H and O–H groups in total. The Kier molecular flexibility index (Phi) is 4.17. The number of nitrogens with two attached hydrogens (primary N) is 1. The Morgan fingerprint density at radius 2 is 2.04 bits per heavy atom. The molecule has 1 heterocycles. The Labute approximate surface area is 157 Å². The molecule has 1 fully saturated rings. The second-order valence-corrected chi connectivity index (χ2v) is 8.61. The van der Waals surface area contributed by atoms with Crippen molar-refractivity contribution in [3.05, 3.63) is 58.6 Å². The largest absolute Gasteiger partial charge is 0.326 e. The predicted octanol–water partition coefficient (Wildman–Crippen LogP) is 2.65. The van der Waals surface area contributed by atoms with Gasteiger partial charge < -0.3 is 5.32 Å². The lowest BCUT2D eigenvalue weighted by molar-refractivity contribution is -0.117. The van der Waals surface area contributed by atoms with Crippen molar-refractivity contribution in [2.45, 2.75) is 18.8 Å². The van der Waals surface area contributed by atoms with E-state index in [1.54, 1.807) is 12.1 Å². The summed E-state index contributed by atoms with van der Waals surface area (Å²) in [6, 6.07) is 12.8. The first kappa shape index (κ1) is 17.3. The normalized spacial score (nSPS) is 21.4. The van der Waals surface area contributed by atoms with E-state index in [2.05, 4.69) is 5.32 Å². The number of halogens is 1. The first-order valence-corrected chi connectivity index (χ1v) is 10.2. The van der Waals surface area contributed by atoms with Crippen LogP contribution in [0, 0.1) is 5.92 Å². The van der Waals surface area contributed by atoms with Crippen molar-refractivity contribution in [1.29, 1.82) is 0 Å². The molecule has 1 aliphatic heterocycles. The van der Waals surface area contributed by atoms with Gasteiger partial charge in [0.05, 0.1) is 5.69 Å².